The summed E-state index contributed by atoms with van der Waals surface area (Å²) < 4.78 is 29.5. The van der Waals surface area contributed by atoms with Crippen LogP contribution >= 0.6 is 0 Å². The lowest BCUT2D eigenvalue weighted by Gasteiger charge is -2.28. The highest BCUT2D eigenvalue weighted by Crippen LogP contribution is 2.19. The van der Waals surface area contributed by atoms with Gasteiger partial charge in [-0.15, -0.1) is 0 Å². The third-order valence-corrected chi connectivity index (χ3v) is 3.58. The molecule has 0 aromatic heterocycles. The van der Waals surface area contributed by atoms with Gasteiger partial charge >= 0.3 is 6.15 Å². The van der Waals surface area contributed by atoms with Gasteiger partial charge in [0.2, 0.25) is 0 Å². The van der Waals surface area contributed by atoms with E-state index in [0.717, 1.165) is 0 Å². The molecule has 0 spiro atoms. The molecule has 17 heavy (non-hydrogen) atoms. The maximum Gasteiger partial charge on any atom is 0.373 e. The molecule has 0 atom stereocenters. The Balaban J connectivity index is 0.000000437. The molecule has 1 fully saturated rings. The zero-order valence-electron chi connectivity index (χ0n) is 8.90. The molecule has 0 unspecified atom stereocenters. The van der Waals surface area contributed by atoms with Crippen LogP contribution in [0.1, 0.15) is 0 Å². The van der Waals surface area contributed by atoms with Crippen LogP contribution in [0, 0.1) is 0 Å². The van der Waals surface area contributed by atoms with E-state index in [1.807, 2.05) is 18.2 Å². The number of ether oxygens (including phenoxy) is 1. The average Bonchev–Trinajstić information content (AvgIpc) is 2.30. The second-order valence-corrected chi connectivity index (χ2v) is 4.97. The summed E-state index contributed by atoms with van der Waals surface area (Å²) in [5, 5.41) is 0. The highest BCUT2D eigenvalue weighted by Gasteiger charge is 2.26. The molecule has 6 nitrogen and oxygen atoms in total. The molecule has 2 rings (SSSR count). The minimum Gasteiger partial charge on any atom is -0.362 e. The molecule has 7 heteroatoms. The van der Waals surface area contributed by atoms with Crippen molar-refractivity contribution in [2.24, 2.45) is 0 Å². The molecule has 0 amide bonds. The average molecular weight is 257 g/mol. The summed E-state index contributed by atoms with van der Waals surface area (Å²) in [7, 11) is -3.27. The van der Waals surface area contributed by atoms with Gasteiger partial charge in [-0.3, -0.25) is 4.31 Å². The normalized spacial score (nSPS) is 17.5. The lowest BCUT2D eigenvalue weighted by atomic mass is 10.3. The van der Waals surface area contributed by atoms with Gasteiger partial charge in [-0.1, -0.05) is 18.2 Å². The SMILES string of the molecule is O=C=O.O=S1(=O)COCCN1c1ccccc1. The molecule has 1 aromatic rings. The van der Waals surface area contributed by atoms with Crippen molar-refractivity contribution in [3.63, 3.8) is 0 Å². The van der Waals surface area contributed by atoms with Gasteiger partial charge in [0.15, 0.2) is 5.94 Å². The van der Waals surface area contributed by atoms with Gasteiger partial charge in [-0.2, -0.15) is 9.59 Å². The molecule has 0 aliphatic carbocycles. The van der Waals surface area contributed by atoms with Crippen LogP contribution in [0.25, 0.3) is 0 Å². The Hall–Kier alpha value is -1.69. The lowest BCUT2D eigenvalue weighted by molar-refractivity contribution is -0.191. The first-order valence-electron chi connectivity index (χ1n) is 4.74. The largest absolute Gasteiger partial charge is 0.373 e. The van der Waals surface area contributed by atoms with Crippen molar-refractivity contribution >= 4 is 21.9 Å². The van der Waals surface area contributed by atoms with Crippen molar-refractivity contribution in [3.8, 4) is 0 Å². The Labute approximate surface area is 98.8 Å². The van der Waals surface area contributed by atoms with E-state index in [1.54, 1.807) is 12.1 Å². The fourth-order valence-corrected chi connectivity index (χ4v) is 2.65. The fourth-order valence-electron chi connectivity index (χ4n) is 1.40. The maximum absolute atomic E-state index is 11.6. The smallest absolute Gasteiger partial charge is 0.362 e. The van der Waals surface area contributed by atoms with Crippen molar-refractivity contribution < 1.29 is 22.7 Å². The monoisotopic (exact) mass is 257 g/mol. The third kappa shape index (κ3) is 3.67. The van der Waals surface area contributed by atoms with Gasteiger partial charge in [0, 0.05) is 0 Å². The van der Waals surface area contributed by atoms with Crippen LogP contribution in [0.5, 0.6) is 0 Å². The molecule has 0 N–H and O–H groups in total. The second kappa shape index (κ2) is 6.15. The Morgan fingerprint density at radius 2 is 1.76 bits per heavy atom. The standard InChI is InChI=1S/C9H11NO3S.CO2/c11-14(12)8-13-7-6-10(14)9-4-2-1-3-5-9;2-1-3/h1-5H,6-8H2;. The van der Waals surface area contributed by atoms with E-state index in [0.29, 0.717) is 18.8 Å². The fraction of sp³-hybridized carbons (Fsp3) is 0.300. The maximum atomic E-state index is 11.6. The molecule has 1 aliphatic heterocycles. The predicted molar refractivity (Wildman–Crippen MR) is 58.5 cm³/mol. The number of nitrogens with zero attached hydrogens (tertiary/aromatic N) is 1. The molecule has 1 aliphatic rings. The number of rotatable bonds is 1. The number of sulfonamides is 1. The molecule has 92 valence electrons. The topological polar surface area (TPSA) is 80.8 Å². The summed E-state index contributed by atoms with van der Waals surface area (Å²) in [6.45, 7) is 0.848. The summed E-state index contributed by atoms with van der Waals surface area (Å²) in [5.74, 6) is -0.220. The van der Waals surface area contributed by atoms with Crippen molar-refractivity contribution in [2.45, 2.75) is 0 Å². The number of benzene rings is 1. The number of hydrogen-bond donors (Lipinski definition) is 0. The van der Waals surface area contributed by atoms with E-state index < -0.39 is 10.0 Å². The summed E-state index contributed by atoms with van der Waals surface area (Å²) in [4.78, 5) is 16.2. The van der Waals surface area contributed by atoms with Crippen LogP contribution in [0.3, 0.4) is 0 Å². The van der Waals surface area contributed by atoms with Gasteiger partial charge < -0.3 is 4.74 Å². The molecule has 1 aromatic carbocycles. The molecular weight excluding hydrogens is 246 g/mol. The van der Waals surface area contributed by atoms with E-state index in [4.69, 9.17) is 14.3 Å². The number of carbonyl (C=O) groups excluding carboxylic acids is 2. The first-order valence-corrected chi connectivity index (χ1v) is 6.35. The quantitative estimate of drug-likeness (QED) is 0.719. The van der Waals surface area contributed by atoms with Gasteiger partial charge in [-0.05, 0) is 12.1 Å². The lowest BCUT2D eigenvalue weighted by Crippen LogP contribution is -2.41. The van der Waals surface area contributed by atoms with Gasteiger partial charge in [0.05, 0.1) is 18.8 Å². The number of anilines is 1. The Bertz CT molecular complexity index is 479. The van der Waals surface area contributed by atoms with Crippen LogP contribution in [-0.2, 0) is 24.3 Å². The molecular formula is C10H11NO5S. The Morgan fingerprint density at radius 3 is 2.29 bits per heavy atom. The van der Waals surface area contributed by atoms with Crippen LogP contribution in [0.4, 0.5) is 5.69 Å². The summed E-state index contributed by atoms with van der Waals surface area (Å²) in [5.41, 5.74) is 0.704. The predicted octanol–water partition coefficient (Wildman–Crippen LogP) is 0.227. The van der Waals surface area contributed by atoms with Crippen molar-refractivity contribution in [1.29, 1.82) is 0 Å². The first kappa shape index (κ1) is 13.4. The Kier molecular flexibility index (Phi) is 4.84. The minimum atomic E-state index is -3.27. The summed E-state index contributed by atoms with van der Waals surface area (Å²) in [6, 6.07) is 9.06. The number of para-hydroxylation sites is 1. The van der Waals surface area contributed by atoms with Crippen molar-refractivity contribution in [3.05, 3.63) is 30.3 Å². The highest BCUT2D eigenvalue weighted by atomic mass is 32.2. The van der Waals surface area contributed by atoms with Gasteiger partial charge in [0.25, 0.3) is 10.0 Å². The summed E-state index contributed by atoms with van der Waals surface area (Å²) in [6.07, 6.45) is 0.250. The van der Waals surface area contributed by atoms with Gasteiger partial charge in [-0.25, -0.2) is 8.42 Å². The second-order valence-electron chi connectivity index (χ2n) is 3.13. The molecule has 1 heterocycles. The van der Waals surface area contributed by atoms with Crippen LogP contribution in [0.15, 0.2) is 30.3 Å². The molecule has 0 bridgehead atoms. The zero-order valence-corrected chi connectivity index (χ0v) is 9.72. The zero-order chi connectivity index (χ0) is 12.7. The van der Waals surface area contributed by atoms with E-state index in [2.05, 4.69) is 0 Å². The summed E-state index contributed by atoms with van der Waals surface area (Å²) >= 11 is 0. The van der Waals surface area contributed by atoms with Gasteiger partial charge in [0.1, 0.15) is 0 Å². The van der Waals surface area contributed by atoms with E-state index in [-0.39, 0.29) is 12.1 Å². The molecule has 0 saturated carbocycles. The van der Waals surface area contributed by atoms with Crippen LogP contribution in [0.2, 0.25) is 0 Å². The van der Waals surface area contributed by atoms with Crippen LogP contribution < -0.4 is 4.31 Å². The molecule has 1 saturated heterocycles. The van der Waals surface area contributed by atoms with Crippen molar-refractivity contribution in [2.75, 3.05) is 23.4 Å². The van der Waals surface area contributed by atoms with Crippen molar-refractivity contribution in [1.82, 2.24) is 0 Å². The van der Waals surface area contributed by atoms with Crippen LogP contribution in [-0.4, -0.2) is 33.7 Å². The highest BCUT2D eigenvalue weighted by molar-refractivity contribution is 7.92. The number of hydrogen-bond acceptors (Lipinski definition) is 5. The van der Waals surface area contributed by atoms with E-state index >= 15 is 0 Å². The van der Waals surface area contributed by atoms with E-state index in [1.165, 1.54) is 4.31 Å². The first-order chi connectivity index (χ1) is 8.11. The third-order valence-electron chi connectivity index (χ3n) is 2.05. The van der Waals surface area contributed by atoms with E-state index in [9.17, 15) is 8.42 Å². The Morgan fingerprint density at radius 1 is 1.18 bits per heavy atom. The molecule has 0 radical (unpaired) electrons. The minimum absolute atomic E-state index is 0.220.